The summed E-state index contributed by atoms with van der Waals surface area (Å²) in [4.78, 5) is 16.6. The first kappa shape index (κ1) is 15.8. The second-order valence-electron chi connectivity index (χ2n) is 5.84. The van der Waals surface area contributed by atoms with Crippen molar-refractivity contribution in [1.82, 2.24) is 14.5 Å². The molecule has 0 aromatic carbocycles. The summed E-state index contributed by atoms with van der Waals surface area (Å²) in [6.45, 7) is 1.74. The van der Waals surface area contributed by atoms with Crippen molar-refractivity contribution < 1.29 is 4.92 Å². The van der Waals surface area contributed by atoms with Crippen molar-refractivity contribution in [3.8, 4) is 0 Å². The first-order valence-electron chi connectivity index (χ1n) is 7.69. The minimum Gasteiger partial charge on any atom is -0.364 e. The molecule has 0 spiro atoms. The van der Waals surface area contributed by atoms with Gasteiger partial charge in [-0.2, -0.15) is 0 Å². The quantitative estimate of drug-likeness (QED) is 0.475. The van der Waals surface area contributed by atoms with E-state index in [1.807, 2.05) is 0 Å². The lowest BCUT2D eigenvalue weighted by Gasteiger charge is -2.31. The molecule has 0 aliphatic heterocycles. The number of imidazole rings is 1. The SMILES string of the molecule is CN(CCCNc1c([N+](=O)[O-])ncn1C)C1CCCCC1. The van der Waals surface area contributed by atoms with Gasteiger partial charge in [0.05, 0.1) is 0 Å². The smallest absolute Gasteiger partial charge is 0.364 e. The van der Waals surface area contributed by atoms with E-state index in [0.29, 0.717) is 11.9 Å². The number of aromatic nitrogens is 2. The molecule has 0 amide bonds. The van der Waals surface area contributed by atoms with Crippen LogP contribution in [0.25, 0.3) is 0 Å². The average Bonchev–Trinajstić information content (AvgIpc) is 2.85. The summed E-state index contributed by atoms with van der Waals surface area (Å²) in [6.07, 6.45) is 9.09. The number of anilines is 1. The molecular weight excluding hydrogens is 270 g/mol. The standard InChI is InChI=1S/C14H25N5O2/c1-17(12-7-4-3-5-8-12)10-6-9-15-13-14(19(20)21)16-11-18(13)2/h11-12,15H,3-10H2,1-2H3. The number of hydrogen-bond donors (Lipinski definition) is 1. The predicted octanol–water partition coefficient (Wildman–Crippen LogP) is 2.39. The summed E-state index contributed by atoms with van der Waals surface area (Å²) in [7, 11) is 3.94. The molecule has 0 radical (unpaired) electrons. The molecule has 1 N–H and O–H groups in total. The van der Waals surface area contributed by atoms with Gasteiger partial charge in [0.2, 0.25) is 12.1 Å². The fourth-order valence-electron chi connectivity index (χ4n) is 2.99. The van der Waals surface area contributed by atoms with Gasteiger partial charge >= 0.3 is 5.82 Å². The van der Waals surface area contributed by atoms with Gasteiger partial charge in [-0.15, -0.1) is 0 Å². The van der Waals surface area contributed by atoms with Gasteiger partial charge < -0.3 is 20.3 Å². The van der Waals surface area contributed by atoms with Crippen LogP contribution in [-0.2, 0) is 7.05 Å². The van der Waals surface area contributed by atoms with E-state index < -0.39 is 4.92 Å². The van der Waals surface area contributed by atoms with Crippen molar-refractivity contribution in [2.24, 2.45) is 7.05 Å². The van der Waals surface area contributed by atoms with E-state index in [2.05, 4.69) is 22.2 Å². The molecule has 0 unspecified atom stereocenters. The van der Waals surface area contributed by atoms with Crippen LogP contribution in [0.4, 0.5) is 11.6 Å². The summed E-state index contributed by atoms with van der Waals surface area (Å²) in [5.74, 6) is 0.387. The second-order valence-corrected chi connectivity index (χ2v) is 5.84. The highest BCUT2D eigenvalue weighted by Gasteiger charge is 2.20. The summed E-state index contributed by atoms with van der Waals surface area (Å²) in [5, 5.41) is 14.0. The fourth-order valence-corrected chi connectivity index (χ4v) is 2.99. The maximum atomic E-state index is 10.9. The van der Waals surface area contributed by atoms with Crippen molar-refractivity contribution in [2.75, 3.05) is 25.5 Å². The Morgan fingerprint density at radius 2 is 2.19 bits per heavy atom. The van der Waals surface area contributed by atoms with Crippen LogP contribution in [-0.4, -0.2) is 45.6 Å². The van der Waals surface area contributed by atoms with Gasteiger partial charge in [-0.05, 0) is 42.8 Å². The van der Waals surface area contributed by atoms with Crippen LogP contribution >= 0.6 is 0 Å². The molecule has 1 fully saturated rings. The van der Waals surface area contributed by atoms with Gasteiger partial charge in [0.15, 0.2) is 0 Å². The average molecular weight is 295 g/mol. The van der Waals surface area contributed by atoms with Crippen LogP contribution < -0.4 is 5.32 Å². The minimum atomic E-state index is -0.448. The van der Waals surface area contributed by atoms with Crippen LogP contribution in [0.5, 0.6) is 0 Å². The molecule has 1 heterocycles. The number of nitrogens with one attached hydrogen (secondary N) is 1. The molecular formula is C14H25N5O2. The molecule has 1 saturated carbocycles. The molecule has 1 aromatic rings. The first-order valence-corrected chi connectivity index (χ1v) is 7.69. The molecule has 1 aliphatic carbocycles. The third-order valence-electron chi connectivity index (χ3n) is 4.27. The highest BCUT2D eigenvalue weighted by atomic mass is 16.6. The van der Waals surface area contributed by atoms with Crippen molar-refractivity contribution in [1.29, 1.82) is 0 Å². The van der Waals surface area contributed by atoms with E-state index >= 15 is 0 Å². The Labute approximate surface area is 125 Å². The highest BCUT2D eigenvalue weighted by molar-refractivity contribution is 5.51. The number of nitrogens with zero attached hydrogens (tertiary/aromatic N) is 4. The topological polar surface area (TPSA) is 76.2 Å². The van der Waals surface area contributed by atoms with Gasteiger partial charge in [0.25, 0.3) is 0 Å². The zero-order chi connectivity index (χ0) is 15.2. The molecule has 1 aliphatic rings. The lowest BCUT2D eigenvalue weighted by molar-refractivity contribution is -0.388. The first-order chi connectivity index (χ1) is 10.1. The number of nitro groups is 1. The lowest BCUT2D eigenvalue weighted by atomic mass is 9.94. The van der Waals surface area contributed by atoms with Crippen LogP contribution in [0.15, 0.2) is 6.33 Å². The Balaban J connectivity index is 1.74. The summed E-state index contributed by atoms with van der Waals surface area (Å²) < 4.78 is 1.66. The van der Waals surface area contributed by atoms with E-state index in [1.54, 1.807) is 11.6 Å². The Hall–Kier alpha value is -1.63. The van der Waals surface area contributed by atoms with Crippen molar-refractivity contribution >= 4 is 11.6 Å². The van der Waals surface area contributed by atoms with Gasteiger partial charge in [-0.3, -0.25) is 4.57 Å². The fraction of sp³-hybridized carbons (Fsp3) is 0.786. The molecule has 7 nitrogen and oxygen atoms in total. The maximum absolute atomic E-state index is 10.9. The van der Waals surface area contributed by atoms with Gasteiger partial charge in [0.1, 0.15) is 0 Å². The summed E-state index contributed by atoms with van der Waals surface area (Å²) in [5.41, 5.74) is 0. The molecule has 0 saturated heterocycles. The van der Waals surface area contributed by atoms with Crippen molar-refractivity contribution in [2.45, 2.75) is 44.6 Å². The van der Waals surface area contributed by atoms with E-state index in [1.165, 1.54) is 38.4 Å². The zero-order valence-electron chi connectivity index (χ0n) is 12.9. The van der Waals surface area contributed by atoms with Crippen molar-refractivity contribution in [3.05, 3.63) is 16.4 Å². The van der Waals surface area contributed by atoms with Crippen molar-refractivity contribution in [3.63, 3.8) is 0 Å². The Bertz CT molecular complexity index is 468. The molecule has 1 aromatic heterocycles. The van der Waals surface area contributed by atoms with E-state index in [-0.39, 0.29) is 5.82 Å². The van der Waals surface area contributed by atoms with Crippen LogP contribution in [0.1, 0.15) is 38.5 Å². The molecule has 0 atom stereocenters. The van der Waals surface area contributed by atoms with Gasteiger partial charge in [-0.1, -0.05) is 19.3 Å². The van der Waals surface area contributed by atoms with Crippen LogP contribution in [0, 0.1) is 10.1 Å². The normalized spacial score (nSPS) is 16.3. The van der Waals surface area contributed by atoms with Crippen LogP contribution in [0.2, 0.25) is 0 Å². The second kappa shape index (κ2) is 7.40. The lowest BCUT2D eigenvalue weighted by Crippen LogP contribution is -2.34. The zero-order valence-corrected chi connectivity index (χ0v) is 12.9. The van der Waals surface area contributed by atoms with E-state index in [4.69, 9.17) is 0 Å². The summed E-state index contributed by atoms with van der Waals surface area (Å²) in [6, 6.07) is 0.713. The number of aryl methyl sites for hydroxylation is 1. The monoisotopic (exact) mass is 295 g/mol. The van der Waals surface area contributed by atoms with E-state index in [0.717, 1.165) is 19.5 Å². The molecule has 7 heteroatoms. The number of hydrogen-bond acceptors (Lipinski definition) is 5. The third-order valence-corrected chi connectivity index (χ3v) is 4.27. The maximum Gasteiger partial charge on any atom is 0.406 e. The Morgan fingerprint density at radius 3 is 2.86 bits per heavy atom. The molecule has 0 bridgehead atoms. The Morgan fingerprint density at radius 1 is 1.48 bits per heavy atom. The molecule has 2 rings (SSSR count). The van der Waals surface area contributed by atoms with Gasteiger partial charge in [0, 0.05) is 19.6 Å². The number of rotatable bonds is 7. The summed E-state index contributed by atoms with van der Waals surface area (Å²) >= 11 is 0. The predicted molar refractivity (Wildman–Crippen MR) is 82.5 cm³/mol. The van der Waals surface area contributed by atoms with E-state index in [9.17, 15) is 10.1 Å². The minimum absolute atomic E-state index is 0.0989. The van der Waals surface area contributed by atoms with Crippen LogP contribution in [0.3, 0.4) is 0 Å². The molecule has 21 heavy (non-hydrogen) atoms. The third kappa shape index (κ3) is 4.17. The Kier molecular flexibility index (Phi) is 5.55. The van der Waals surface area contributed by atoms with Gasteiger partial charge in [-0.25, -0.2) is 0 Å². The highest BCUT2D eigenvalue weighted by Crippen LogP contribution is 2.22. The molecule has 118 valence electrons. The largest absolute Gasteiger partial charge is 0.406 e.